The van der Waals surface area contributed by atoms with Gasteiger partial charge in [-0.2, -0.15) is 0 Å². The normalized spacial score (nSPS) is 43.7. The second kappa shape index (κ2) is 35.4. The summed E-state index contributed by atoms with van der Waals surface area (Å²) in [4.78, 5) is 0. The Morgan fingerprint density at radius 1 is 0.432 bits per heavy atom. The van der Waals surface area contributed by atoms with Gasteiger partial charge in [0.25, 0.3) is 0 Å². The maximum absolute atomic E-state index is 9.94. The summed E-state index contributed by atoms with van der Waals surface area (Å²) in [7, 11) is 0. The molecule has 28 N–H and O–H groups in total. The van der Waals surface area contributed by atoms with Crippen LogP contribution < -0.4 is 0 Å². The summed E-state index contributed by atoms with van der Waals surface area (Å²) < 4.78 is 34.6. The number of ether oxygens (including phenoxy) is 7. The second-order valence-electron chi connectivity index (χ2n) is 16.6. The van der Waals surface area contributed by atoms with Crippen LogP contribution in [0.1, 0.15) is 6.92 Å². The molecule has 0 aliphatic carbocycles. The Kier molecular flexibility index (Phi) is 35.2. The average molecular weight is 1120 g/mol. The minimum atomic E-state index is -2.16. The number of hydrogen-bond donors (Lipinski definition) is 28. The predicted molar refractivity (Wildman–Crippen MR) is 231 cm³/mol. The van der Waals surface area contributed by atoms with Crippen molar-refractivity contribution in [2.45, 2.75) is 178 Å². The molecule has 5 aliphatic rings. The third kappa shape index (κ3) is 19.4. The molecule has 5 rings (SSSR count). The van der Waals surface area contributed by atoms with Gasteiger partial charge in [-0.15, -0.1) is 0 Å². The Labute approximate surface area is 442 Å². The SMILES string of the molecule is CCO.OC[C@@H](O)[C@@H](O[C@H]1O[C@H](CO)[C@@H](O)[C@H](O)[C@H]1O)[C@H](O)[C@@H](O)CO.OC[C@H]1OC(O)[C@H](O)[C@@H](O)[C@@H]1O.OC[C@H]1O[C@H](O[C@H]2[C@H](O)[C@@H](O)C(O)O[C@@H]2CO)[C@H](O)[C@@H](O)[C@@H]1O.OC[C@H]1O[C@](O)(CO)[C@@H](O)[C@@H]1O.[NaH]. The van der Waals surface area contributed by atoms with E-state index in [4.69, 9.17) is 95.2 Å². The molecule has 0 aromatic heterocycles. The van der Waals surface area contributed by atoms with Gasteiger partial charge in [0, 0.05) is 6.61 Å². The molecule has 36 heteroatoms. The first-order valence-corrected chi connectivity index (χ1v) is 22.2. The fraction of sp³-hybridized carbons (Fsp3) is 1.00. The summed E-state index contributed by atoms with van der Waals surface area (Å²) in [5, 5.41) is 258. The minimum absolute atomic E-state index is 0. The Morgan fingerprint density at radius 3 is 1.18 bits per heavy atom. The van der Waals surface area contributed by atoms with Crippen LogP contribution in [-0.2, 0) is 33.2 Å². The Balaban J connectivity index is 0.000000976. The van der Waals surface area contributed by atoms with E-state index in [0.29, 0.717) is 0 Å². The van der Waals surface area contributed by atoms with E-state index in [1.807, 2.05) is 0 Å². The number of rotatable bonds is 15. The van der Waals surface area contributed by atoms with Crippen molar-refractivity contribution < 1.29 is 176 Å². The molecule has 0 radical (unpaired) electrons. The van der Waals surface area contributed by atoms with Gasteiger partial charge in [0.05, 0.1) is 52.9 Å². The molecular weight excluding hydrogens is 1040 g/mol. The summed E-state index contributed by atoms with van der Waals surface area (Å²) in [5.41, 5.74) is 0. The summed E-state index contributed by atoms with van der Waals surface area (Å²) in [6, 6.07) is 0. The van der Waals surface area contributed by atoms with Gasteiger partial charge < -0.3 is 176 Å². The van der Waals surface area contributed by atoms with Crippen LogP contribution in [0.2, 0.25) is 0 Å². The fourth-order valence-electron chi connectivity index (χ4n) is 6.96. The van der Waals surface area contributed by atoms with Crippen LogP contribution >= 0.6 is 0 Å². The van der Waals surface area contributed by atoms with Crippen LogP contribution in [0.5, 0.6) is 0 Å². The van der Waals surface area contributed by atoms with Gasteiger partial charge in [-0.1, -0.05) is 0 Å². The zero-order valence-corrected chi connectivity index (χ0v) is 38.8. The van der Waals surface area contributed by atoms with Crippen molar-refractivity contribution >= 4 is 29.6 Å². The Hall–Kier alpha value is -0.400. The molecule has 5 fully saturated rings. The van der Waals surface area contributed by atoms with Gasteiger partial charge in [-0.3, -0.25) is 0 Å². The van der Waals surface area contributed by atoms with Crippen molar-refractivity contribution in [3.8, 4) is 0 Å². The molecular formula is C38H77NaO35. The molecule has 0 aromatic carbocycles. The molecule has 0 bridgehead atoms. The van der Waals surface area contributed by atoms with Crippen LogP contribution in [0.3, 0.4) is 0 Å². The van der Waals surface area contributed by atoms with Crippen LogP contribution in [0, 0.1) is 0 Å². The molecule has 28 atom stereocenters. The van der Waals surface area contributed by atoms with Crippen molar-refractivity contribution in [3.63, 3.8) is 0 Å². The van der Waals surface area contributed by atoms with Crippen LogP contribution in [0.25, 0.3) is 0 Å². The molecule has 0 spiro atoms. The Bertz CT molecular complexity index is 1400. The van der Waals surface area contributed by atoms with Gasteiger partial charge in [0.1, 0.15) is 140 Å². The molecule has 35 nitrogen and oxygen atoms in total. The standard InChI is InChI=1S/C12H22O11.C12H24O11.2C6H12O6.C2H6O.Na.H/c13-1-3-5(15)6(16)9(19)12(22-3)23-10-4(2-14)21-11(20)8(18)7(10)17;13-1-4(16)7(18)11(5(17)2-14)23-12-10(21)9(20)8(19)6(3-15)22-12;7-1-3-4(9)5(10)6(11,2-8)12-3;7-1-2-3(8)4(9)5(10)6(11)12-2;1-2-3;;/h3-20H,1-2H2;4-21H,1-3H2;3-5,7-11H,1-2H2;2-11H,1H2;3H,2H2,1H3;;/t3-,4-,5-,6+,7-,8-,9-,10-,11?,12-;4-,5+,6+,7+,8+,9-,10+,11+,12+;3-,4-,5+,6-;2-,3-,4+,5-,6?;;;/m1011.../s1. The van der Waals surface area contributed by atoms with E-state index in [9.17, 15) is 71.5 Å². The van der Waals surface area contributed by atoms with Gasteiger partial charge >= 0.3 is 29.6 Å². The molecule has 0 saturated carbocycles. The molecule has 440 valence electrons. The van der Waals surface area contributed by atoms with Crippen molar-refractivity contribution in [3.05, 3.63) is 0 Å². The maximum atomic E-state index is 9.94. The first-order valence-electron chi connectivity index (χ1n) is 22.2. The van der Waals surface area contributed by atoms with Gasteiger partial charge in [-0.25, -0.2) is 0 Å². The first kappa shape index (κ1) is 73.6. The summed E-state index contributed by atoms with van der Waals surface area (Å²) in [6.07, 6.45) is -41.7. The molecule has 0 aromatic rings. The zero-order valence-electron chi connectivity index (χ0n) is 38.8. The van der Waals surface area contributed by atoms with Crippen molar-refractivity contribution in [1.29, 1.82) is 0 Å². The molecule has 0 amide bonds. The second-order valence-corrected chi connectivity index (χ2v) is 16.6. The first-order chi connectivity index (χ1) is 34.1. The number of aliphatic hydroxyl groups excluding tert-OH is 27. The van der Waals surface area contributed by atoms with E-state index in [2.05, 4.69) is 9.47 Å². The van der Waals surface area contributed by atoms with E-state index in [0.717, 1.165) is 0 Å². The van der Waals surface area contributed by atoms with Crippen LogP contribution in [-0.4, -0.2) is 403 Å². The van der Waals surface area contributed by atoms with Gasteiger partial charge in [0.15, 0.2) is 25.2 Å². The van der Waals surface area contributed by atoms with E-state index >= 15 is 0 Å². The number of aliphatic hydroxyl groups is 28. The zero-order chi connectivity index (χ0) is 56.4. The molecule has 5 heterocycles. The quantitative estimate of drug-likeness (QED) is 0.0677. The van der Waals surface area contributed by atoms with Crippen LogP contribution in [0.15, 0.2) is 0 Å². The summed E-state index contributed by atoms with van der Waals surface area (Å²) >= 11 is 0. The summed E-state index contributed by atoms with van der Waals surface area (Å²) in [6.45, 7) is -3.75. The number of hydrogen-bond acceptors (Lipinski definition) is 35. The molecule has 5 saturated heterocycles. The molecule has 74 heavy (non-hydrogen) atoms. The average Bonchev–Trinajstić information content (AvgIpc) is 3.61. The van der Waals surface area contributed by atoms with E-state index < -0.39 is 224 Å². The Morgan fingerprint density at radius 2 is 0.797 bits per heavy atom. The monoisotopic (exact) mass is 1120 g/mol. The van der Waals surface area contributed by atoms with Crippen LogP contribution in [0.4, 0.5) is 0 Å². The molecule has 2 unspecified atom stereocenters. The van der Waals surface area contributed by atoms with Crippen molar-refractivity contribution in [2.75, 3.05) is 59.5 Å². The summed E-state index contributed by atoms with van der Waals surface area (Å²) in [5.74, 6) is -2.16. The van der Waals surface area contributed by atoms with Crippen molar-refractivity contribution in [1.82, 2.24) is 0 Å². The van der Waals surface area contributed by atoms with E-state index in [1.165, 1.54) is 0 Å². The third-order valence-corrected chi connectivity index (χ3v) is 11.4. The fourth-order valence-corrected chi connectivity index (χ4v) is 6.96. The van der Waals surface area contributed by atoms with Gasteiger partial charge in [-0.05, 0) is 6.92 Å². The van der Waals surface area contributed by atoms with E-state index in [-0.39, 0.29) is 36.2 Å². The van der Waals surface area contributed by atoms with E-state index in [1.54, 1.807) is 6.92 Å². The molecule has 5 aliphatic heterocycles. The predicted octanol–water partition coefficient (Wildman–Crippen LogP) is -18.2. The third-order valence-electron chi connectivity index (χ3n) is 11.4. The topological polar surface area (TPSA) is 631 Å². The van der Waals surface area contributed by atoms with Crippen molar-refractivity contribution in [2.24, 2.45) is 0 Å². The van der Waals surface area contributed by atoms with Gasteiger partial charge in [0.2, 0.25) is 5.79 Å².